The standard InChI is InChI=1S/C11H23N/c1-5-6-11-7-10(4)12(8-11)9(2)3/h9-11H,5-8H2,1-4H3. The Morgan fingerprint density at radius 1 is 1.42 bits per heavy atom. The van der Waals surface area contributed by atoms with Crippen LogP contribution in [0.2, 0.25) is 0 Å². The number of hydrogen-bond acceptors (Lipinski definition) is 1. The predicted octanol–water partition coefficient (Wildman–Crippen LogP) is 2.91. The number of rotatable bonds is 3. The van der Waals surface area contributed by atoms with Crippen LogP contribution in [0.25, 0.3) is 0 Å². The summed E-state index contributed by atoms with van der Waals surface area (Å²) >= 11 is 0. The maximum absolute atomic E-state index is 2.64. The van der Waals surface area contributed by atoms with Crippen molar-refractivity contribution in [1.82, 2.24) is 4.90 Å². The van der Waals surface area contributed by atoms with Gasteiger partial charge < -0.3 is 0 Å². The van der Waals surface area contributed by atoms with E-state index in [0.717, 1.165) is 18.0 Å². The molecule has 0 amide bonds. The molecule has 0 aliphatic carbocycles. The molecule has 2 atom stereocenters. The molecular formula is C11H23N. The van der Waals surface area contributed by atoms with Gasteiger partial charge in [0.1, 0.15) is 0 Å². The fourth-order valence-electron chi connectivity index (χ4n) is 2.51. The van der Waals surface area contributed by atoms with Crippen LogP contribution in [0.1, 0.15) is 47.0 Å². The molecule has 0 radical (unpaired) electrons. The van der Waals surface area contributed by atoms with Crippen molar-refractivity contribution in [1.29, 1.82) is 0 Å². The average molecular weight is 169 g/mol. The molecule has 0 saturated carbocycles. The molecule has 1 heteroatoms. The van der Waals surface area contributed by atoms with Crippen LogP contribution in [0, 0.1) is 5.92 Å². The fraction of sp³-hybridized carbons (Fsp3) is 1.00. The molecule has 2 unspecified atom stereocenters. The van der Waals surface area contributed by atoms with Gasteiger partial charge in [-0.1, -0.05) is 13.3 Å². The molecule has 0 aromatic carbocycles. The minimum Gasteiger partial charge on any atom is -0.298 e. The van der Waals surface area contributed by atoms with Crippen LogP contribution in [0.3, 0.4) is 0 Å². The number of likely N-dealkylation sites (tertiary alicyclic amines) is 1. The monoisotopic (exact) mass is 169 g/mol. The zero-order valence-corrected chi connectivity index (χ0v) is 9.01. The van der Waals surface area contributed by atoms with Crippen LogP contribution in [-0.4, -0.2) is 23.5 Å². The zero-order chi connectivity index (χ0) is 9.14. The largest absolute Gasteiger partial charge is 0.298 e. The molecule has 0 aromatic heterocycles. The van der Waals surface area contributed by atoms with E-state index in [1.54, 1.807) is 0 Å². The van der Waals surface area contributed by atoms with Gasteiger partial charge in [-0.3, -0.25) is 4.90 Å². The Morgan fingerprint density at radius 2 is 2.08 bits per heavy atom. The highest BCUT2D eigenvalue weighted by Crippen LogP contribution is 2.27. The summed E-state index contributed by atoms with van der Waals surface area (Å²) in [5, 5.41) is 0. The van der Waals surface area contributed by atoms with Crippen molar-refractivity contribution in [3.63, 3.8) is 0 Å². The van der Waals surface area contributed by atoms with Crippen molar-refractivity contribution in [2.24, 2.45) is 5.92 Å². The maximum Gasteiger partial charge on any atom is 0.00728 e. The van der Waals surface area contributed by atoms with E-state index in [0.29, 0.717) is 0 Å². The summed E-state index contributed by atoms with van der Waals surface area (Å²) in [7, 11) is 0. The number of hydrogen-bond donors (Lipinski definition) is 0. The summed E-state index contributed by atoms with van der Waals surface area (Å²) in [5.74, 6) is 0.979. The highest BCUT2D eigenvalue weighted by atomic mass is 15.2. The molecule has 1 aliphatic heterocycles. The van der Waals surface area contributed by atoms with Gasteiger partial charge in [0.25, 0.3) is 0 Å². The van der Waals surface area contributed by atoms with Crippen molar-refractivity contribution in [3.05, 3.63) is 0 Å². The van der Waals surface area contributed by atoms with Gasteiger partial charge in [-0.2, -0.15) is 0 Å². The Kier molecular flexibility index (Phi) is 3.57. The quantitative estimate of drug-likeness (QED) is 0.628. The van der Waals surface area contributed by atoms with Crippen molar-refractivity contribution >= 4 is 0 Å². The molecule has 1 aliphatic rings. The van der Waals surface area contributed by atoms with Crippen LogP contribution >= 0.6 is 0 Å². The molecule has 1 saturated heterocycles. The van der Waals surface area contributed by atoms with E-state index < -0.39 is 0 Å². The summed E-state index contributed by atoms with van der Waals surface area (Å²) in [4.78, 5) is 2.64. The first-order chi connectivity index (χ1) is 5.65. The van der Waals surface area contributed by atoms with Gasteiger partial charge in [0.05, 0.1) is 0 Å². The lowest BCUT2D eigenvalue weighted by Gasteiger charge is -2.25. The Morgan fingerprint density at radius 3 is 2.50 bits per heavy atom. The van der Waals surface area contributed by atoms with E-state index in [9.17, 15) is 0 Å². The first-order valence-electron chi connectivity index (χ1n) is 5.40. The lowest BCUT2D eigenvalue weighted by atomic mass is 10.0. The van der Waals surface area contributed by atoms with Crippen molar-refractivity contribution in [2.75, 3.05) is 6.54 Å². The molecule has 72 valence electrons. The second kappa shape index (κ2) is 4.27. The summed E-state index contributed by atoms with van der Waals surface area (Å²) < 4.78 is 0. The second-order valence-electron chi connectivity index (χ2n) is 4.53. The minimum atomic E-state index is 0.738. The molecule has 1 nitrogen and oxygen atoms in total. The number of nitrogens with zero attached hydrogens (tertiary/aromatic N) is 1. The normalized spacial score (nSPS) is 31.8. The highest BCUT2D eigenvalue weighted by Gasteiger charge is 2.29. The van der Waals surface area contributed by atoms with Crippen molar-refractivity contribution < 1.29 is 0 Å². The minimum absolute atomic E-state index is 0.738. The van der Waals surface area contributed by atoms with Crippen molar-refractivity contribution in [3.8, 4) is 0 Å². The molecule has 1 heterocycles. The third-order valence-electron chi connectivity index (χ3n) is 3.07. The first-order valence-corrected chi connectivity index (χ1v) is 5.40. The van der Waals surface area contributed by atoms with E-state index in [-0.39, 0.29) is 0 Å². The van der Waals surface area contributed by atoms with E-state index >= 15 is 0 Å². The van der Waals surface area contributed by atoms with Crippen LogP contribution in [0.4, 0.5) is 0 Å². The van der Waals surface area contributed by atoms with Crippen molar-refractivity contribution in [2.45, 2.75) is 59.0 Å². The van der Waals surface area contributed by atoms with Gasteiger partial charge in [-0.15, -0.1) is 0 Å². The lowest BCUT2D eigenvalue weighted by Crippen LogP contribution is -2.33. The molecule has 0 bridgehead atoms. The second-order valence-corrected chi connectivity index (χ2v) is 4.53. The summed E-state index contributed by atoms with van der Waals surface area (Å²) in [6.07, 6.45) is 4.20. The van der Waals surface area contributed by atoms with E-state index in [1.165, 1.54) is 25.8 Å². The fourth-order valence-corrected chi connectivity index (χ4v) is 2.51. The van der Waals surface area contributed by atoms with Crippen LogP contribution in [0.5, 0.6) is 0 Å². The van der Waals surface area contributed by atoms with E-state index in [2.05, 4.69) is 32.6 Å². The van der Waals surface area contributed by atoms with Crippen LogP contribution < -0.4 is 0 Å². The lowest BCUT2D eigenvalue weighted by molar-refractivity contribution is 0.211. The zero-order valence-electron chi connectivity index (χ0n) is 9.01. The van der Waals surface area contributed by atoms with Gasteiger partial charge in [0.2, 0.25) is 0 Å². The van der Waals surface area contributed by atoms with Crippen LogP contribution in [-0.2, 0) is 0 Å². The van der Waals surface area contributed by atoms with E-state index in [1.807, 2.05) is 0 Å². The molecule has 0 aromatic rings. The SMILES string of the molecule is CCCC1CC(C)N(C(C)C)C1. The smallest absolute Gasteiger partial charge is 0.00728 e. The Balaban J connectivity index is 2.39. The molecular weight excluding hydrogens is 146 g/mol. The van der Waals surface area contributed by atoms with E-state index in [4.69, 9.17) is 0 Å². The molecule has 1 fully saturated rings. The topological polar surface area (TPSA) is 3.24 Å². The summed E-state index contributed by atoms with van der Waals surface area (Å²) in [5.41, 5.74) is 0. The molecule has 0 N–H and O–H groups in total. The molecule has 0 spiro atoms. The predicted molar refractivity (Wildman–Crippen MR) is 54.3 cm³/mol. The molecule has 12 heavy (non-hydrogen) atoms. The summed E-state index contributed by atoms with van der Waals surface area (Å²) in [6, 6.07) is 1.56. The third kappa shape index (κ3) is 2.22. The third-order valence-corrected chi connectivity index (χ3v) is 3.07. The Hall–Kier alpha value is -0.0400. The Bertz CT molecular complexity index is 131. The average Bonchev–Trinajstić information content (AvgIpc) is 2.32. The van der Waals surface area contributed by atoms with Gasteiger partial charge in [-0.05, 0) is 39.5 Å². The highest BCUT2D eigenvalue weighted by molar-refractivity contribution is 4.83. The van der Waals surface area contributed by atoms with Crippen LogP contribution in [0.15, 0.2) is 0 Å². The van der Waals surface area contributed by atoms with Gasteiger partial charge >= 0.3 is 0 Å². The molecule has 1 rings (SSSR count). The van der Waals surface area contributed by atoms with Gasteiger partial charge in [-0.25, -0.2) is 0 Å². The maximum atomic E-state index is 2.64. The van der Waals surface area contributed by atoms with Gasteiger partial charge in [0, 0.05) is 18.6 Å². The Labute approximate surface area is 77.1 Å². The summed E-state index contributed by atoms with van der Waals surface area (Å²) in [6.45, 7) is 10.6. The van der Waals surface area contributed by atoms with Gasteiger partial charge in [0.15, 0.2) is 0 Å². The first kappa shape index (κ1) is 10.0.